The van der Waals surface area contributed by atoms with Crippen LogP contribution in [0.5, 0.6) is 0 Å². The van der Waals surface area contributed by atoms with E-state index in [0.29, 0.717) is 0 Å². The van der Waals surface area contributed by atoms with Crippen molar-refractivity contribution in [2.75, 3.05) is 5.75 Å². The highest BCUT2D eigenvalue weighted by Crippen LogP contribution is 2.48. The molecule has 3 aromatic rings. The van der Waals surface area contributed by atoms with E-state index in [4.69, 9.17) is 0 Å². The molecule has 0 aliphatic rings. The third kappa shape index (κ3) is 3.75. The van der Waals surface area contributed by atoms with Crippen LogP contribution in [-0.2, 0) is 9.54 Å². The first kappa shape index (κ1) is 17.2. The Morgan fingerprint density at radius 3 is 1.44 bits per heavy atom. The van der Waals surface area contributed by atoms with Gasteiger partial charge in [-0.3, -0.25) is 4.79 Å². The van der Waals surface area contributed by atoms with E-state index in [1.54, 1.807) is 6.08 Å². The molecule has 3 aromatic carbocycles. The second-order valence-corrected chi connectivity index (χ2v) is 6.89. The van der Waals surface area contributed by atoms with E-state index >= 15 is 0 Å². The molecule has 1 nitrogen and oxygen atoms in total. The molecule has 2 heteroatoms. The van der Waals surface area contributed by atoms with Crippen molar-refractivity contribution >= 4 is 18.0 Å². The van der Waals surface area contributed by atoms with Crippen molar-refractivity contribution in [3.8, 4) is 0 Å². The van der Waals surface area contributed by atoms with Gasteiger partial charge in [-0.1, -0.05) is 97.1 Å². The Balaban J connectivity index is 2.20. The van der Waals surface area contributed by atoms with E-state index in [9.17, 15) is 4.79 Å². The molecule has 124 valence electrons. The molecule has 0 atom stereocenters. The van der Waals surface area contributed by atoms with Crippen molar-refractivity contribution in [1.29, 1.82) is 0 Å². The summed E-state index contributed by atoms with van der Waals surface area (Å²) in [5.74, 6) is 0.747. The number of hydrogen-bond donors (Lipinski definition) is 0. The van der Waals surface area contributed by atoms with Crippen LogP contribution in [0, 0.1) is 0 Å². The Hall–Kier alpha value is -2.58. The fraction of sp³-hybridized carbons (Fsp3) is 0.0870. The molecule has 0 aliphatic heterocycles. The predicted molar refractivity (Wildman–Crippen MR) is 107 cm³/mol. The number of benzene rings is 3. The maximum Gasteiger partial charge on any atom is 0.142 e. The molecule has 0 fully saturated rings. The van der Waals surface area contributed by atoms with Gasteiger partial charge < -0.3 is 0 Å². The molecule has 0 saturated heterocycles. The third-order valence-electron chi connectivity index (χ3n) is 4.15. The van der Waals surface area contributed by atoms with Gasteiger partial charge in [0.2, 0.25) is 0 Å². The lowest BCUT2D eigenvalue weighted by atomic mass is 9.84. The summed E-state index contributed by atoms with van der Waals surface area (Å²) in [4.78, 5) is 10.6. The van der Waals surface area contributed by atoms with Crippen LogP contribution in [0.3, 0.4) is 0 Å². The number of hydrogen-bond acceptors (Lipinski definition) is 2. The highest BCUT2D eigenvalue weighted by Gasteiger charge is 2.36. The average molecular weight is 344 g/mol. The van der Waals surface area contributed by atoms with Gasteiger partial charge in [-0.25, -0.2) is 0 Å². The molecule has 0 amide bonds. The van der Waals surface area contributed by atoms with E-state index in [1.165, 1.54) is 16.7 Å². The minimum absolute atomic E-state index is 0.322. The van der Waals surface area contributed by atoms with Crippen LogP contribution in [0.25, 0.3) is 0 Å². The second kappa shape index (κ2) is 8.50. The van der Waals surface area contributed by atoms with Gasteiger partial charge in [0.1, 0.15) is 6.29 Å². The van der Waals surface area contributed by atoms with Crippen molar-refractivity contribution in [3.05, 3.63) is 120 Å². The van der Waals surface area contributed by atoms with E-state index in [-0.39, 0.29) is 4.75 Å². The summed E-state index contributed by atoms with van der Waals surface area (Å²) < 4.78 is -0.322. The summed E-state index contributed by atoms with van der Waals surface area (Å²) in [6.07, 6.45) is 4.32. The summed E-state index contributed by atoms with van der Waals surface area (Å²) in [6.45, 7) is 0. The molecule has 0 saturated carbocycles. The summed E-state index contributed by atoms with van der Waals surface area (Å²) in [7, 11) is 0. The number of carbonyl (C=O) groups is 1. The molecular weight excluding hydrogens is 324 g/mol. The van der Waals surface area contributed by atoms with Gasteiger partial charge >= 0.3 is 0 Å². The summed E-state index contributed by atoms with van der Waals surface area (Å²) in [5, 5.41) is 0. The molecule has 0 aromatic heterocycles. The fourth-order valence-electron chi connectivity index (χ4n) is 3.05. The first-order chi connectivity index (χ1) is 12.4. The monoisotopic (exact) mass is 344 g/mol. The predicted octanol–water partition coefficient (Wildman–Crippen LogP) is 5.47. The molecule has 0 aliphatic carbocycles. The Kier molecular flexibility index (Phi) is 5.86. The summed E-state index contributed by atoms with van der Waals surface area (Å²) >= 11 is 1.82. The molecule has 0 radical (unpaired) electrons. The van der Waals surface area contributed by atoms with Gasteiger partial charge in [-0.2, -0.15) is 0 Å². The molecule has 0 spiro atoms. The van der Waals surface area contributed by atoms with E-state index in [1.807, 2.05) is 36.0 Å². The lowest BCUT2D eigenvalue weighted by Crippen LogP contribution is -2.26. The van der Waals surface area contributed by atoms with Gasteiger partial charge in [0.15, 0.2) is 0 Å². The first-order valence-corrected chi connectivity index (χ1v) is 9.27. The normalized spacial score (nSPS) is 11.5. The number of allylic oxidation sites excluding steroid dienone is 1. The zero-order chi connectivity index (χ0) is 17.4. The lowest BCUT2D eigenvalue weighted by molar-refractivity contribution is -0.104. The number of rotatable bonds is 7. The highest BCUT2D eigenvalue weighted by atomic mass is 32.2. The minimum atomic E-state index is -0.322. The molecule has 3 rings (SSSR count). The molecule has 25 heavy (non-hydrogen) atoms. The van der Waals surface area contributed by atoms with Gasteiger partial charge in [-0.15, -0.1) is 11.8 Å². The van der Waals surface area contributed by atoms with Gasteiger partial charge in [0, 0.05) is 5.75 Å². The van der Waals surface area contributed by atoms with E-state index in [0.717, 1.165) is 12.0 Å². The zero-order valence-corrected chi connectivity index (χ0v) is 14.7. The highest BCUT2D eigenvalue weighted by molar-refractivity contribution is 8.00. The zero-order valence-electron chi connectivity index (χ0n) is 13.9. The Bertz CT molecular complexity index is 714. The van der Waals surface area contributed by atoms with Crippen molar-refractivity contribution in [2.24, 2.45) is 0 Å². The van der Waals surface area contributed by atoms with Crippen LogP contribution in [-0.4, -0.2) is 12.0 Å². The van der Waals surface area contributed by atoms with Crippen LogP contribution >= 0.6 is 11.8 Å². The number of aldehydes is 1. The maximum atomic E-state index is 10.6. The largest absolute Gasteiger partial charge is 0.299 e. The molecular formula is C23H20OS. The molecule has 0 unspecified atom stereocenters. The molecule has 0 bridgehead atoms. The fourth-order valence-corrected chi connectivity index (χ4v) is 4.42. The lowest BCUT2D eigenvalue weighted by Gasteiger charge is -2.35. The first-order valence-electron chi connectivity index (χ1n) is 8.29. The molecule has 0 N–H and O–H groups in total. The standard InChI is InChI=1S/C23H20OS/c24-18-10-11-19-25-23(20-12-4-1-5-13-20,21-14-6-2-7-15-21)22-16-8-3-9-17-22/h1-18H,19H2/b11-10-. The topological polar surface area (TPSA) is 17.1 Å². The van der Waals surface area contributed by atoms with Gasteiger partial charge in [0.05, 0.1) is 4.75 Å². The molecule has 0 heterocycles. The van der Waals surface area contributed by atoms with Gasteiger partial charge in [0.25, 0.3) is 0 Å². The smallest absolute Gasteiger partial charge is 0.142 e. The van der Waals surface area contributed by atoms with Crippen molar-refractivity contribution < 1.29 is 4.79 Å². The minimum Gasteiger partial charge on any atom is -0.299 e. The van der Waals surface area contributed by atoms with Crippen molar-refractivity contribution in [1.82, 2.24) is 0 Å². The summed E-state index contributed by atoms with van der Waals surface area (Å²) in [5.41, 5.74) is 3.70. The second-order valence-electron chi connectivity index (χ2n) is 5.65. The van der Waals surface area contributed by atoms with Crippen molar-refractivity contribution in [2.45, 2.75) is 4.75 Å². The number of thioether (sulfide) groups is 1. The van der Waals surface area contributed by atoms with E-state index in [2.05, 4.69) is 72.8 Å². The van der Waals surface area contributed by atoms with Crippen LogP contribution in [0.4, 0.5) is 0 Å². The van der Waals surface area contributed by atoms with Gasteiger partial charge in [-0.05, 0) is 22.8 Å². The van der Waals surface area contributed by atoms with Crippen LogP contribution in [0.15, 0.2) is 103 Å². The quantitative estimate of drug-likeness (QED) is 0.321. The Morgan fingerprint density at radius 1 is 0.680 bits per heavy atom. The van der Waals surface area contributed by atoms with E-state index < -0.39 is 0 Å². The third-order valence-corrected chi connectivity index (χ3v) is 5.65. The average Bonchev–Trinajstić information content (AvgIpc) is 2.70. The number of carbonyl (C=O) groups excluding carboxylic acids is 1. The van der Waals surface area contributed by atoms with Crippen molar-refractivity contribution in [3.63, 3.8) is 0 Å². The summed E-state index contributed by atoms with van der Waals surface area (Å²) in [6, 6.07) is 31.7. The Labute approximate surface area is 153 Å². The van der Waals surface area contributed by atoms with Crippen LogP contribution in [0.1, 0.15) is 16.7 Å². The van der Waals surface area contributed by atoms with Crippen LogP contribution in [0.2, 0.25) is 0 Å². The maximum absolute atomic E-state index is 10.6. The SMILES string of the molecule is O=C/C=C\CSC(c1ccccc1)(c1ccccc1)c1ccccc1. The Morgan fingerprint density at radius 2 is 1.08 bits per heavy atom. The van der Waals surface area contributed by atoms with Crippen LogP contribution < -0.4 is 0 Å².